The third kappa shape index (κ3) is 4.97. The van der Waals surface area contributed by atoms with Crippen molar-refractivity contribution in [3.63, 3.8) is 0 Å². The van der Waals surface area contributed by atoms with Gasteiger partial charge < -0.3 is 15.0 Å². The molecule has 0 aromatic heterocycles. The van der Waals surface area contributed by atoms with Crippen molar-refractivity contribution in [1.29, 1.82) is 0 Å². The first-order valence-electron chi connectivity index (χ1n) is 9.73. The molecule has 28 heavy (non-hydrogen) atoms. The third-order valence-electron chi connectivity index (χ3n) is 5.13. The van der Waals surface area contributed by atoms with Crippen LogP contribution in [0.25, 0.3) is 0 Å². The minimum atomic E-state index is -4.50. The van der Waals surface area contributed by atoms with Crippen LogP contribution in [-0.2, 0) is 15.8 Å². The van der Waals surface area contributed by atoms with Crippen LogP contribution in [0.3, 0.4) is 0 Å². The number of anilines is 1. The fourth-order valence-electron chi connectivity index (χ4n) is 3.33. The summed E-state index contributed by atoms with van der Waals surface area (Å²) >= 11 is 0. The molecule has 0 bridgehead atoms. The number of alkyl halides is 3. The van der Waals surface area contributed by atoms with Gasteiger partial charge in [-0.05, 0) is 50.3 Å². The number of nitrogens with one attached hydrogen (secondary N) is 1. The number of rotatable bonds is 6. The molecule has 2 fully saturated rings. The Morgan fingerprint density at radius 1 is 1.14 bits per heavy atom. The second kappa shape index (κ2) is 8.41. The van der Waals surface area contributed by atoms with E-state index in [-0.39, 0.29) is 35.1 Å². The summed E-state index contributed by atoms with van der Waals surface area (Å²) in [7, 11) is 0. The summed E-state index contributed by atoms with van der Waals surface area (Å²) in [4.78, 5) is 26.5. The lowest BCUT2D eigenvalue weighted by molar-refractivity contribution is -0.137. The van der Waals surface area contributed by atoms with Gasteiger partial charge in [-0.2, -0.15) is 13.2 Å². The number of carbonyl (C=O) groups is 2. The molecule has 8 heteroatoms. The topological polar surface area (TPSA) is 58.6 Å². The molecular formula is C20H25F3N2O3. The van der Waals surface area contributed by atoms with E-state index in [4.69, 9.17) is 4.74 Å². The van der Waals surface area contributed by atoms with E-state index < -0.39 is 11.7 Å². The van der Waals surface area contributed by atoms with Crippen LogP contribution in [-0.4, -0.2) is 36.4 Å². The largest absolute Gasteiger partial charge is 0.491 e. The maximum Gasteiger partial charge on any atom is 0.416 e. The van der Waals surface area contributed by atoms with Gasteiger partial charge >= 0.3 is 6.18 Å². The molecule has 0 unspecified atom stereocenters. The Balaban J connectivity index is 1.65. The average Bonchev–Trinajstić information content (AvgIpc) is 3.51. The number of nitrogens with zero attached hydrogens (tertiary/aromatic N) is 1. The zero-order chi connectivity index (χ0) is 20.3. The smallest absolute Gasteiger partial charge is 0.416 e. The molecule has 0 spiro atoms. The number of benzene rings is 1. The molecule has 1 saturated heterocycles. The van der Waals surface area contributed by atoms with Crippen LogP contribution in [0.2, 0.25) is 0 Å². The molecule has 1 aliphatic carbocycles. The number of hydrogen-bond acceptors (Lipinski definition) is 3. The molecule has 1 saturated carbocycles. The number of piperidine rings is 1. The molecule has 1 aromatic rings. The summed E-state index contributed by atoms with van der Waals surface area (Å²) in [5, 5.41) is 2.61. The van der Waals surface area contributed by atoms with E-state index >= 15 is 0 Å². The summed E-state index contributed by atoms with van der Waals surface area (Å²) in [6.07, 6.45) is -0.910. The number of ether oxygens (including phenoxy) is 1. The Bertz CT molecular complexity index is 724. The first-order valence-corrected chi connectivity index (χ1v) is 9.73. The SMILES string of the molecule is CCCOc1ccc(C(F)(F)F)cc1NC(=O)C1CCN(C(=O)C2CC2)CC1. The van der Waals surface area contributed by atoms with E-state index in [0.717, 1.165) is 25.0 Å². The Hall–Kier alpha value is -2.25. The number of amides is 2. The lowest BCUT2D eigenvalue weighted by atomic mass is 9.95. The molecule has 3 rings (SSSR count). The monoisotopic (exact) mass is 398 g/mol. The van der Waals surface area contributed by atoms with E-state index in [1.165, 1.54) is 6.07 Å². The summed E-state index contributed by atoms with van der Waals surface area (Å²) < 4.78 is 44.6. The molecule has 0 radical (unpaired) electrons. The predicted molar refractivity (Wildman–Crippen MR) is 97.9 cm³/mol. The first kappa shape index (κ1) is 20.5. The van der Waals surface area contributed by atoms with Crippen molar-refractivity contribution in [2.75, 3.05) is 25.0 Å². The van der Waals surface area contributed by atoms with Gasteiger partial charge in [0.2, 0.25) is 11.8 Å². The van der Waals surface area contributed by atoms with Gasteiger partial charge in [0.1, 0.15) is 5.75 Å². The molecule has 1 aliphatic heterocycles. The van der Waals surface area contributed by atoms with Crippen molar-refractivity contribution in [3.8, 4) is 5.75 Å². The van der Waals surface area contributed by atoms with Gasteiger partial charge in [-0.25, -0.2) is 0 Å². The fraction of sp³-hybridized carbons (Fsp3) is 0.600. The van der Waals surface area contributed by atoms with E-state index in [9.17, 15) is 22.8 Å². The van der Waals surface area contributed by atoms with Crippen molar-refractivity contribution < 1.29 is 27.5 Å². The van der Waals surface area contributed by atoms with Crippen molar-refractivity contribution in [1.82, 2.24) is 4.90 Å². The molecule has 1 aromatic carbocycles. The van der Waals surface area contributed by atoms with Crippen LogP contribution in [0, 0.1) is 11.8 Å². The Labute approximate surface area is 162 Å². The second-order valence-corrected chi connectivity index (χ2v) is 7.42. The average molecular weight is 398 g/mol. The number of hydrogen-bond donors (Lipinski definition) is 1. The van der Waals surface area contributed by atoms with E-state index in [2.05, 4.69) is 5.32 Å². The van der Waals surface area contributed by atoms with Gasteiger partial charge in [0.15, 0.2) is 0 Å². The molecule has 2 amide bonds. The van der Waals surface area contributed by atoms with E-state index in [1.54, 1.807) is 4.90 Å². The molecular weight excluding hydrogens is 373 g/mol. The number of carbonyl (C=O) groups excluding carboxylic acids is 2. The highest BCUT2D eigenvalue weighted by molar-refractivity contribution is 5.94. The van der Waals surface area contributed by atoms with Gasteiger partial charge in [0.05, 0.1) is 17.9 Å². The molecule has 2 aliphatic rings. The van der Waals surface area contributed by atoms with Crippen molar-refractivity contribution in [3.05, 3.63) is 23.8 Å². The van der Waals surface area contributed by atoms with Gasteiger partial charge in [-0.15, -0.1) is 0 Å². The maximum atomic E-state index is 13.0. The lowest BCUT2D eigenvalue weighted by Gasteiger charge is -2.31. The van der Waals surface area contributed by atoms with E-state index in [0.29, 0.717) is 39.0 Å². The zero-order valence-electron chi connectivity index (χ0n) is 15.8. The van der Waals surface area contributed by atoms with Crippen LogP contribution in [0.15, 0.2) is 18.2 Å². The summed E-state index contributed by atoms with van der Waals surface area (Å²) in [5.41, 5.74) is -0.804. The summed E-state index contributed by atoms with van der Waals surface area (Å²) in [6, 6.07) is 3.10. The molecule has 5 nitrogen and oxygen atoms in total. The van der Waals surface area contributed by atoms with Crippen molar-refractivity contribution in [2.24, 2.45) is 11.8 Å². The van der Waals surface area contributed by atoms with Crippen LogP contribution < -0.4 is 10.1 Å². The minimum absolute atomic E-state index is 0.0322. The van der Waals surface area contributed by atoms with Gasteiger partial charge in [-0.1, -0.05) is 6.92 Å². The molecule has 1 heterocycles. The number of likely N-dealkylation sites (tertiary alicyclic amines) is 1. The Morgan fingerprint density at radius 3 is 2.39 bits per heavy atom. The normalized spacial score (nSPS) is 18.1. The van der Waals surface area contributed by atoms with Crippen molar-refractivity contribution >= 4 is 17.5 Å². The first-order chi connectivity index (χ1) is 13.3. The third-order valence-corrected chi connectivity index (χ3v) is 5.13. The Kier molecular flexibility index (Phi) is 6.15. The van der Waals surface area contributed by atoms with E-state index in [1.807, 2.05) is 6.92 Å². The van der Waals surface area contributed by atoms with Crippen LogP contribution in [0.1, 0.15) is 44.6 Å². The fourth-order valence-corrected chi connectivity index (χ4v) is 3.33. The quantitative estimate of drug-likeness (QED) is 0.786. The van der Waals surface area contributed by atoms with Crippen LogP contribution >= 0.6 is 0 Å². The van der Waals surface area contributed by atoms with Crippen LogP contribution in [0.5, 0.6) is 5.75 Å². The maximum absolute atomic E-state index is 13.0. The highest BCUT2D eigenvalue weighted by Gasteiger charge is 2.36. The second-order valence-electron chi connectivity index (χ2n) is 7.42. The van der Waals surface area contributed by atoms with Gasteiger partial charge in [-0.3, -0.25) is 9.59 Å². The molecule has 0 atom stereocenters. The highest BCUT2D eigenvalue weighted by Crippen LogP contribution is 2.36. The van der Waals surface area contributed by atoms with Gasteiger partial charge in [0, 0.05) is 24.9 Å². The molecule has 1 N–H and O–H groups in total. The lowest BCUT2D eigenvalue weighted by Crippen LogP contribution is -2.42. The van der Waals surface area contributed by atoms with Gasteiger partial charge in [0.25, 0.3) is 0 Å². The zero-order valence-corrected chi connectivity index (χ0v) is 15.8. The van der Waals surface area contributed by atoms with Crippen LogP contribution in [0.4, 0.5) is 18.9 Å². The standard InChI is InChI=1S/C20H25F3N2O3/c1-2-11-28-17-6-5-15(20(21,22)23)12-16(17)24-18(26)13-7-9-25(10-8-13)19(27)14-3-4-14/h5-6,12-14H,2-4,7-11H2,1H3,(H,24,26). The highest BCUT2D eigenvalue weighted by atomic mass is 19.4. The Morgan fingerprint density at radius 2 is 1.82 bits per heavy atom. The summed E-state index contributed by atoms with van der Waals surface area (Å²) in [6.45, 7) is 3.25. The van der Waals surface area contributed by atoms with Crippen molar-refractivity contribution in [2.45, 2.75) is 45.2 Å². The summed E-state index contributed by atoms with van der Waals surface area (Å²) in [5.74, 6) is -0.138. The molecule has 154 valence electrons. The minimum Gasteiger partial charge on any atom is -0.491 e. The predicted octanol–water partition coefficient (Wildman–Crippen LogP) is 4.08. The number of halogens is 3.